The molecule has 2 aromatic carbocycles. The van der Waals surface area contributed by atoms with Gasteiger partial charge in [-0.05, 0) is 49.2 Å². The number of fused-ring (bicyclic) bond motifs is 1. The van der Waals surface area contributed by atoms with Crippen molar-refractivity contribution >= 4 is 39.9 Å². The summed E-state index contributed by atoms with van der Waals surface area (Å²) in [6.07, 6.45) is 1.42. The maximum Gasteiger partial charge on any atom is 0.337 e. The van der Waals surface area contributed by atoms with E-state index in [0.717, 1.165) is 11.3 Å². The van der Waals surface area contributed by atoms with E-state index in [1.54, 1.807) is 48.5 Å². The van der Waals surface area contributed by atoms with Gasteiger partial charge in [-0.1, -0.05) is 18.2 Å². The molecule has 1 heterocycles. The van der Waals surface area contributed by atoms with Crippen LogP contribution in [0.5, 0.6) is 0 Å². The van der Waals surface area contributed by atoms with E-state index in [4.69, 9.17) is 0 Å². The number of esters is 1. The van der Waals surface area contributed by atoms with Crippen molar-refractivity contribution in [3.05, 3.63) is 76.3 Å². The Hall–Kier alpha value is -3.52. The molecule has 0 spiro atoms. The lowest BCUT2D eigenvalue weighted by molar-refractivity contribution is -0.117. The first-order valence-corrected chi connectivity index (χ1v) is 10.2. The number of hydrogen-bond acceptors (Lipinski definition) is 6. The fourth-order valence-electron chi connectivity index (χ4n) is 3.33. The molecule has 0 aliphatic heterocycles. The summed E-state index contributed by atoms with van der Waals surface area (Å²) in [5.41, 5.74) is 2.27. The number of carbonyl (C=O) groups is 3. The Kier molecular flexibility index (Phi) is 5.58. The van der Waals surface area contributed by atoms with Crippen LogP contribution in [0.25, 0.3) is 0 Å². The first kappa shape index (κ1) is 19.8. The summed E-state index contributed by atoms with van der Waals surface area (Å²) < 4.78 is 4.67. The smallest absolute Gasteiger partial charge is 0.337 e. The number of aromatic nitrogens is 1. The minimum atomic E-state index is -0.430. The number of methoxy groups -OCH3 is 1. The molecule has 1 atom stereocenters. The Bertz CT molecular complexity index is 1090. The van der Waals surface area contributed by atoms with E-state index in [2.05, 4.69) is 20.4 Å². The number of amides is 2. The molecule has 0 radical (unpaired) electrons. The van der Waals surface area contributed by atoms with Crippen LogP contribution in [0.2, 0.25) is 0 Å². The van der Waals surface area contributed by atoms with E-state index in [1.807, 2.05) is 6.07 Å². The van der Waals surface area contributed by atoms with Crippen LogP contribution in [-0.2, 0) is 16.0 Å². The number of benzene rings is 2. The molecule has 4 rings (SSSR count). The van der Waals surface area contributed by atoms with Gasteiger partial charge in [-0.2, -0.15) is 0 Å². The Morgan fingerprint density at radius 3 is 2.43 bits per heavy atom. The molecule has 1 aliphatic rings. The van der Waals surface area contributed by atoms with Gasteiger partial charge in [0, 0.05) is 16.1 Å². The molecule has 1 unspecified atom stereocenters. The summed E-state index contributed by atoms with van der Waals surface area (Å²) in [5, 5.41) is 6.18. The summed E-state index contributed by atoms with van der Waals surface area (Å²) in [6.45, 7) is 0. The van der Waals surface area contributed by atoms with Gasteiger partial charge in [-0.3, -0.25) is 14.9 Å². The van der Waals surface area contributed by atoms with Crippen molar-refractivity contribution in [1.29, 1.82) is 0 Å². The van der Waals surface area contributed by atoms with Gasteiger partial charge in [-0.25, -0.2) is 9.78 Å². The minimum Gasteiger partial charge on any atom is -0.465 e. The number of nitrogens with zero attached hydrogens (tertiary/aromatic N) is 1. The zero-order valence-electron chi connectivity index (χ0n) is 16.2. The molecular formula is C22H19N3O4S. The van der Waals surface area contributed by atoms with Crippen molar-refractivity contribution in [3.8, 4) is 0 Å². The van der Waals surface area contributed by atoms with E-state index in [1.165, 1.54) is 18.4 Å². The van der Waals surface area contributed by atoms with Crippen LogP contribution in [0.3, 0.4) is 0 Å². The van der Waals surface area contributed by atoms with E-state index in [-0.39, 0.29) is 17.7 Å². The molecule has 8 heteroatoms. The summed E-state index contributed by atoms with van der Waals surface area (Å²) in [5.74, 6) is -1.19. The Morgan fingerprint density at radius 2 is 1.73 bits per heavy atom. The molecule has 3 aromatic rings. The highest BCUT2D eigenvalue weighted by Crippen LogP contribution is 2.39. The van der Waals surface area contributed by atoms with Crippen molar-refractivity contribution in [1.82, 2.24) is 4.98 Å². The standard InChI is InChI=1S/C22H19N3O4S/c1-29-21(28)14-7-9-15(10-8-14)23-20(27)16-11-12-17-18(16)24-22(30-17)25-19(26)13-5-3-2-4-6-13/h2-10,16H,11-12H2,1H3,(H,23,27)(H,24,25,26). The number of thiazole rings is 1. The fourth-order valence-corrected chi connectivity index (χ4v) is 4.36. The number of carbonyl (C=O) groups excluding carboxylic acids is 3. The third-order valence-corrected chi connectivity index (χ3v) is 5.91. The summed E-state index contributed by atoms with van der Waals surface area (Å²) in [4.78, 5) is 42.2. The SMILES string of the molecule is COC(=O)c1ccc(NC(=O)C2CCc3sc(NC(=O)c4ccccc4)nc32)cc1. The number of nitrogens with one attached hydrogen (secondary N) is 2. The summed E-state index contributed by atoms with van der Waals surface area (Å²) >= 11 is 1.41. The van der Waals surface area contributed by atoms with Crippen LogP contribution in [0, 0.1) is 0 Å². The average Bonchev–Trinajstić information content (AvgIpc) is 3.34. The normalized spacial score (nSPS) is 14.6. The van der Waals surface area contributed by atoms with Crippen LogP contribution in [0.15, 0.2) is 54.6 Å². The highest BCUT2D eigenvalue weighted by Gasteiger charge is 2.33. The maximum absolute atomic E-state index is 12.8. The third-order valence-electron chi connectivity index (χ3n) is 4.86. The van der Waals surface area contributed by atoms with E-state index >= 15 is 0 Å². The van der Waals surface area contributed by atoms with Crippen molar-refractivity contribution in [2.24, 2.45) is 0 Å². The van der Waals surface area contributed by atoms with Crippen LogP contribution in [0.4, 0.5) is 10.8 Å². The molecule has 30 heavy (non-hydrogen) atoms. The number of hydrogen-bond donors (Lipinski definition) is 2. The number of rotatable bonds is 5. The second kappa shape index (κ2) is 8.46. The lowest BCUT2D eigenvalue weighted by Crippen LogP contribution is -2.20. The van der Waals surface area contributed by atoms with Gasteiger partial charge in [0.05, 0.1) is 24.3 Å². The van der Waals surface area contributed by atoms with Crippen LogP contribution < -0.4 is 10.6 Å². The predicted octanol–water partition coefficient (Wildman–Crippen LogP) is 3.85. The van der Waals surface area contributed by atoms with Gasteiger partial charge in [0.25, 0.3) is 5.91 Å². The average molecular weight is 421 g/mol. The predicted molar refractivity (Wildman–Crippen MR) is 114 cm³/mol. The fraction of sp³-hybridized carbons (Fsp3) is 0.182. The number of aryl methyl sites for hydroxylation is 1. The molecule has 1 aromatic heterocycles. The van der Waals surface area contributed by atoms with Gasteiger partial charge < -0.3 is 10.1 Å². The van der Waals surface area contributed by atoms with E-state index < -0.39 is 5.97 Å². The van der Waals surface area contributed by atoms with Crippen molar-refractivity contribution in [2.75, 3.05) is 17.7 Å². The van der Waals surface area contributed by atoms with Gasteiger partial charge in [0.1, 0.15) is 0 Å². The zero-order valence-corrected chi connectivity index (χ0v) is 17.0. The Labute approximate surface area is 177 Å². The van der Waals surface area contributed by atoms with Gasteiger partial charge in [0.2, 0.25) is 5.91 Å². The lowest BCUT2D eigenvalue weighted by atomic mass is 10.1. The van der Waals surface area contributed by atoms with Crippen LogP contribution in [0.1, 0.15) is 43.6 Å². The zero-order chi connectivity index (χ0) is 21.1. The quantitative estimate of drug-likeness (QED) is 0.610. The molecule has 0 saturated heterocycles. The summed E-state index contributed by atoms with van der Waals surface area (Å²) in [7, 11) is 1.32. The molecule has 2 N–H and O–H groups in total. The van der Waals surface area contributed by atoms with Crippen molar-refractivity contribution in [3.63, 3.8) is 0 Å². The first-order chi connectivity index (χ1) is 14.5. The monoisotopic (exact) mass is 421 g/mol. The maximum atomic E-state index is 12.8. The van der Waals surface area contributed by atoms with Gasteiger partial charge >= 0.3 is 5.97 Å². The summed E-state index contributed by atoms with van der Waals surface area (Å²) in [6, 6.07) is 15.4. The van der Waals surface area contributed by atoms with E-state index in [9.17, 15) is 14.4 Å². The second-order valence-electron chi connectivity index (χ2n) is 6.80. The molecule has 7 nitrogen and oxygen atoms in total. The number of anilines is 2. The van der Waals surface area contributed by atoms with Crippen molar-refractivity contribution < 1.29 is 19.1 Å². The molecular weight excluding hydrogens is 402 g/mol. The molecule has 1 aliphatic carbocycles. The Morgan fingerprint density at radius 1 is 1.00 bits per heavy atom. The van der Waals surface area contributed by atoms with Crippen LogP contribution >= 0.6 is 11.3 Å². The molecule has 152 valence electrons. The molecule has 2 amide bonds. The molecule has 0 bridgehead atoms. The topological polar surface area (TPSA) is 97.4 Å². The van der Waals surface area contributed by atoms with Crippen LogP contribution in [-0.4, -0.2) is 29.9 Å². The second-order valence-corrected chi connectivity index (χ2v) is 7.88. The first-order valence-electron chi connectivity index (χ1n) is 9.40. The third kappa shape index (κ3) is 4.08. The van der Waals surface area contributed by atoms with Gasteiger partial charge in [-0.15, -0.1) is 11.3 Å². The largest absolute Gasteiger partial charge is 0.465 e. The molecule has 0 fully saturated rings. The van der Waals surface area contributed by atoms with Gasteiger partial charge in [0.15, 0.2) is 5.13 Å². The van der Waals surface area contributed by atoms with Crippen molar-refractivity contribution in [2.45, 2.75) is 18.8 Å². The highest BCUT2D eigenvalue weighted by molar-refractivity contribution is 7.16. The number of ether oxygens (including phenoxy) is 1. The lowest BCUT2D eigenvalue weighted by Gasteiger charge is -2.11. The Balaban J connectivity index is 1.43. The highest BCUT2D eigenvalue weighted by atomic mass is 32.1. The minimum absolute atomic E-state index is 0.161. The van der Waals surface area contributed by atoms with E-state index in [0.29, 0.717) is 34.1 Å². The molecule has 0 saturated carbocycles.